The van der Waals surface area contributed by atoms with Crippen LogP contribution < -0.4 is 5.32 Å². The first-order valence-corrected chi connectivity index (χ1v) is 8.76. The van der Waals surface area contributed by atoms with Crippen molar-refractivity contribution in [3.63, 3.8) is 0 Å². The molecule has 2 N–H and O–H groups in total. The van der Waals surface area contributed by atoms with Gasteiger partial charge in [-0.3, -0.25) is 0 Å². The van der Waals surface area contributed by atoms with Crippen molar-refractivity contribution in [3.05, 3.63) is 0 Å². The van der Waals surface area contributed by atoms with E-state index in [1.54, 1.807) is 0 Å². The van der Waals surface area contributed by atoms with Crippen LogP contribution in [0.3, 0.4) is 0 Å². The third kappa shape index (κ3) is 7.59. The molecule has 0 aromatic carbocycles. The molecule has 21 heavy (non-hydrogen) atoms. The molecule has 124 valence electrons. The van der Waals surface area contributed by atoms with Crippen LogP contribution in [0, 0.1) is 5.92 Å². The second kappa shape index (κ2) is 8.47. The van der Waals surface area contributed by atoms with E-state index in [9.17, 15) is 5.11 Å². The van der Waals surface area contributed by atoms with Crippen LogP contribution in [-0.4, -0.2) is 61.5 Å². The van der Waals surface area contributed by atoms with Crippen LogP contribution in [0.25, 0.3) is 0 Å². The number of hydrogen-bond donors (Lipinski definition) is 2. The van der Waals surface area contributed by atoms with Crippen LogP contribution in [0.1, 0.15) is 51.9 Å². The molecule has 0 aromatic rings. The molecule has 0 amide bonds. The molecule has 0 saturated heterocycles. The van der Waals surface area contributed by atoms with Crippen molar-refractivity contribution < 1.29 is 9.84 Å². The maximum atomic E-state index is 9.57. The Bertz CT molecular complexity index is 293. The molecule has 1 unspecified atom stereocenters. The first kappa shape index (κ1) is 17.2. The van der Waals surface area contributed by atoms with E-state index in [1.807, 2.05) is 0 Å². The minimum atomic E-state index is -0.0763. The Labute approximate surface area is 130 Å². The fourth-order valence-electron chi connectivity index (χ4n) is 2.68. The second-order valence-corrected chi connectivity index (χ2v) is 7.42. The Balaban J connectivity index is 1.45. The van der Waals surface area contributed by atoms with Gasteiger partial charge in [-0.1, -0.05) is 6.42 Å². The average molecular weight is 298 g/mol. The predicted octanol–water partition coefficient (Wildman–Crippen LogP) is 2.02. The lowest BCUT2D eigenvalue weighted by molar-refractivity contribution is 0.102. The summed E-state index contributed by atoms with van der Waals surface area (Å²) in [5.41, 5.74) is -0.0763. The quantitative estimate of drug-likeness (QED) is 0.511. The molecule has 0 aliphatic heterocycles. The number of nitrogens with one attached hydrogen (secondary N) is 1. The van der Waals surface area contributed by atoms with Crippen LogP contribution in [0.2, 0.25) is 0 Å². The van der Waals surface area contributed by atoms with Crippen LogP contribution in [0.5, 0.6) is 0 Å². The Morgan fingerprint density at radius 3 is 2.57 bits per heavy atom. The molecule has 4 nitrogen and oxygen atoms in total. The molecule has 2 rings (SSSR count). The lowest BCUT2D eigenvalue weighted by Gasteiger charge is -2.29. The van der Waals surface area contributed by atoms with Gasteiger partial charge in [0.15, 0.2) is 0 Å². The zero-order chi connectivity index (χ0) is 15.1. The van der Waals surface area contributed by atoms with E-state index < -0.39 is 0 Å². The van der Waals surface area contributed by atoms with Crippen molar-refractivity contribution in [1.82, 2.24) is 10.2 Å². The second-order valence-electron chi connectivity index (χ2n) is 7.42. The van der Waals surface area contributed by atoms with Gasteiger partial charge in [0.25, 0.3) is 0 Å². The number of unbranched alkanes of at least 4 members (excludes halogenated alkanes) is 1. The van der Waals surface area contributed by atoms with Gasteiger partial charge in [-0.15, -0.1) is 0 Å². The summed E-state index contributed by atoms with van der Waals surface area (Å²) in [6.45, 7) is 6.39. The van der Waals surface area contributed by atoms with E-state index in [2.05, 4.69) is 24.2 Å². The van der Waals surface area contributed by atoms with Crippen molar-refractivity contribution in [2.45, 2.75) is 63.5 Å². The van der Waals surface area contributed by atoms with Gasteiger partial charge < -0.3 is 20.1 Å². The Morgan fingerprint density at radius 1 is 1.19 bits per heavy atom. The van der Waals surface area contributed by atoms with E-state index in [4.69, 9.17) is 4.74 Å². The minimum absolute atomic E-state index is 0.0763. The molecule has 2 aliphatic rings. The van der Waals surface area contributed by atoms with Gasteiger partial charge in [-0.2, -0.15) is 0 Å². The molecule has 0 spiro atoms. The first-order valence-electron chi connectivity index (χ1n) is 8.76. The number of likely N-dealkylation sites (N-methyl/N-ethyl adjacent to an activating group) is 1. The largest absolute Gasteiger partial charge is 0.394 e. The molecular formula is C17H34N2O2. The van der Waals surface area contributed by atoms with Gasteiger partial charge in [-0.05, 0) is 65.0 Å². The SMILES string of the molecule is CN(CCCCC(C)(CO)NC1CC1)CCOCC1CC1. The smallest absolute Gasteiger partial charge is 0.0610 e. The molecule has 1 atom stereocenters. The van der Waals surface area contributed by atoms with Crippen molar-refractivity contribution in [2.24, 2.45) is 5.92 Å². The third-order valence-electron chi connectivity index (χ3n) is 4.67. The maximum absolute atomic E-state index is 9.57. The fraction of sp³-hybridized carbons (Fsp3) is 1.00. The van der Waals surface area contributed by atoms with E-state index in [-0.39, 0.29) is 12.1 Å². The molecular weight excluding hydrogens is 264 g/mol. The number of hydrogen-bond acceptors (Lipinski definition) is 4. The lowest BCUT2D eigenvalue weighted by Crippen LogP contribution is -2.47. The van der Waals surface area contributed by atoms with Crippen molar-refractivity contribution >= 4 is 0 Å². The van der Waals surface area contributed by atoms with Gasteiger partial charge >= 0.3 is 0 Å². The number of nitrogens with zero attached hydrogens (tertiary/aromatic N) is 1. The van der Waals surface area contributed by atoms with Gasteiger partial charge in [0.05, 0.1) is 13.2 Å². The molecule has 2 fully saturated rings. The minimum Gasteiger partial charge on any atom is -0.394 e. The van der Waals surface area contributed by atoms with Crippen molar-refractivity contribution in [3.8, 4) is 0 Å². The van der Waals surface area contributed by atoms with Gasteiger partial charge in [0.2, 0.25) is 0 Å². The number of aliphatic hydroxyl groups excluding tert-OH is 1. The van der Waals surface area contributed by atoms with E-state index >= 15 is 0 Å². The third-order valence-corrected chi connectivity index (χ3v) is 4.67. The molecule has 0 heterocycles. The van der Waals surface area contributed by atoms with Crippen LogP contribution >= 0.6 is 0 Å². The summed E-state index contributed by atoms with van der Waals surface area (Å²) >= 11 is 0. The maximum Gasteiger partial charge on any atom is 0.0610 e. The highest BCUT2D eigenvalue weighted by molar-refractivity contribution is 4.92. The zero-order valence-electron chi connectivity index (χ0n) is 13.9. The summed E-state index contributed by atoms with van der Waals surface area (Å²) < 4.78 is 5.67. The van der Waals surface area contributed by atoms with Crippen LogP contribution in [0.4, 0.5) is 0 Å². The average Bonchev–Trinajstić information content (AvgIpc) is 3.35. The molecule has 2 aliphatic carbocycles. The Morgan fingerprint density at radius 2 is 1.95 bits per heavy atom. The summed E-state index contributed by atoms with van der Waals surface area (Å²) in [5, 5.41) is 13.2. The van der Waals surface area contributed by atoms with Gasteiger partial charge in [-0.25, -0.2) is 0 Å². The van der Waals surface area contributed by atoms with Crippen molar-refractivity contribution in [1.29, 1.82) is 0 Å². The fourth-order valence-corrected chi connectivity index (χ4v) is 2.68. The highest BCUT2D eigenvalue weighted by atomic mass is 16.5. The summed E-state index contributed by atoms with van der Waals surface area (Å²) in [7, 11) is 2.17. The number of ether oxygens (including phenoxy) is 1. The normalized spacial score (nSPS) is 21.7. The Hall–Kier alpha value is -0.160. The zero-order valence-corrected chi connectivity index (χ0v) is 13.9. The predicted molar refractivity (Wildman–Crippen MR) is 86.5 cm³/mol. The summed E-state index contributed by atoms with van der Waals surface area (Å²) in [6, 6.07) is 0.661. The van der Waals surface area contributed by atoms with Gasteiger partial charge in [0, 0.05) is 24.7 Å². The monoisotopic (exact) mass is 298 g/mol. The van der Waals surface area contributed by atoms with E-state index in [0.29, 0.717) is 6.04 Å². The molecule has 0 radical (unpaired) electrons. The van der Waals surface area contributed by atoms with Crippen LogP contribution in [0.15, 0.2) is 0 Å². The van der Waals surface area contributed by atoms with E-state index in [0.717, 1.165) is 38.6 Å². The molecule has 2 saturated carbocycles. The highest BCUT2D eigenvalue weighted by Crippen LogP contribution is 2.28. The summed E-state index contributed by atoms with van der Waals surface area (Å²) in [6.07, 6.45) is 8.72. The number of aliphatic hydroxyl groups is 1. The van der Waals surface area contributed by atoms with Crippen LogP contribution in [-0.2, 0) is 4.74 Å². The first-order chi connectivity index (χ1) is 10.1. The standard InChI is InChI=1S/C17H34N2O2/c1-17(14-20,18-16-7-8-16)9-3-4-10-19(2)11-12-21-13-15-5-6-15/h15-16,18,20H,3-14H2,1-2H3. The summed E-state index contributed by atoms with van der Waals surface area (Å²) in [4.78, 5) is 2.36. The van der Waals surface area contributed by atoms with Gasteiger partial charge in [0.1, 0.15) is 0 Å². The van der Waals surface area contributed by atoms with Crippen molar-refractivity contribution in [2.75, 3.05) is 40.0 Å². The van der Waals surface area contributed by atoms with E-state index in [1.165, 1.54) is 38.5 Å². The number of rotatable bonds is 13. The Kier molecular flexibility index (Phi) is 6.93. The lowest BCUT2D eigenvalue weighted by atomic mass is 9.95. The molecule has 0 aromatic heterocycles. The highest BCUT2D eigenvalue weighted by Gasteiger charge is 2.31. The summed E-state index contributed by atoms with van der Waals surface area (Å²) in [5.74, 6) is 0.866. The topological polar surface area (TPSA) is 44.7 Å². The molecule has 4 heteroatoms. The molecule has 0 bridgehead atoms.